The first-order chi connectivity index (χ1) is 9.40. The number of nitrogens with one attached hydrogen (secondary N) is 1. The molecule has 0 bridgehead atoms. The van der Waals surface area contributed by atoms with Crippen molar-refractivity contribution in [3.8, 4) is 0 Å². The van der Waals surface area contributed by atoms with E-state index < -0.39 is 0 Å². The fraction of sp³-hybridized carbons (Fsp3) is 0.750. The Balaban J connectivity index is 2.12. The highest BCUT2D eigenvalue weighted by Gasteiger charge is 2.28. The lowest BCUT2D eigenvalue weighted by Crippen LogP contribution is -2.25. The van der Waals surface area contributed by atoms with Crippen molar-refractivity contribution in [2.75, 3.05) is 11.9 Å². The van der Waals surface area contributed by atoms with Crippen molar-refractivity contribution in [2.45, 2.75) is 53.4 Å². The molecule has 0 aliphatic heterocycles. The van der Waals surface area contributed by atoms with Crippen LogP contribution < -0.4 is 5.32 Å². The lowest BCUT2D eigenvalue weighted by atomic mass is 9.85. The van der Waals surface area contributed by atoms with Crippen molar-refractivity contribution in [2.24, 2.45) is 17.8 Å². The smallest absolute Gasteiger partial charge is 0.137 e. The van der Waals surface area contributed by atoms with Gasteiger partial charge < -0.3 is 5.32 Å². The molecule has 20 heavy (non-hydrogen) atoms. The SMILES string of the molecule is Cc1c(Cl)nc(C2CC2)nc1NCC(C(C)C)C(C)C. The molecule has 0 radical (unpaired) electrons. The average Bonchev–Trinajstić information content (AvgIpc) is 3.17. The van der Waals surface area contributed by atoms with Crippen LogP contribution in [0.5, 0.6) is 0 Å². The van der Waals surface area contributed by atoms with Gasteiger partial charge in [-0.15, -0.1) is 0 Å². The molecule has 1 aliphatic carbocycles. The summed E-state index contributed by atoms with van der Waals surface area (Å²) in [6.45, 7) is 12.0. The Labute approximate surface area is 127 Å². The van der Waals surface area contributed by atoms with Crippen LogP contribution in [-0.2, 0) is 0 Å². The van der Waals surface area contributed by atoms with E-state index in [1.165, 1.54) is 12.8 Å². The first-order valence-electron chi connectivity index (χ1n) is 7.68. The van der Waals surface area contributed by atoms with Crippen LogP contribution in [0.2, 0.25) is 5.15 Å². The van der Waals surface area contributed by atoms with Crippen molar-refractivity contribution in [1.29, 1.82) is 0 Å². The van der Waals surface area contributed by atoms with Gasteiger partial charge in [-0.05, 0) is 37.5 Å². The van der Waals surface area contributed by atoms with Gasteiger partial charge in [0.15, 0.2) is 0 Å². The van der Waals surface area contributed by atoms with Gasteiger partial charge >= 0.3 is 0 Å². The maximum absolute atomic E-state index is 6.24. The average molecular weight is 296 g/mol. The fourth-order valence-corrected chi connectivity index (χ4v) is 2.83. The van der Waals surface area contributed by atoms with Crippen LogP contribution in [-0.4, -0.2) is 16.5 Å². The second-order valence-corrected chi connectivity index (χ2v) is 7.01. The van der Waals surface area contributed by atoms with E-state index in [0.717, 1.165) is 23.8 Å². The molecule has 0 unspecified atom stereocenters. The van der Waals surface area contributed by atoms with Gasteiger partial charge in [0.25, 0.3) is 0 Å². The topological polar surface area (TPSA) is 37.8 Å². The number of halogens is 1. The van der Waals surface area contributed by atoms with E-state index in [1.807, 2.05) is 6.92 Å². The summed E-state index contributed by atoms with van der Waals surface area (Å²) in [5, 5.41) is 4.10. The van der Waals surface area contributed by atoms with Crippen molar-refractivity contribution in [3.63, 3.8) is 0 Å². The lowest BCUT2D eigenvalue weighted by molar-refractivity contribution is 0.304. The highest BCUT2D eigenvalue weighted by Crippen LogP contribution is 2.39. The molecule has 0 amide bonds. The van der Waals surface area contributed by atoms with Gasteiger partial charge in [0.2, 0.25) is 0 Å². The molecule has 2 rings (SSSR count). The van der Waals surface area contributed by atoms with E-state index in [2.05, 4.69) is 43.0 Å². The minimum Gasteiger partial charge on any atom is -0.369 e. The third kappa shape index (κ3) is 3.63. The molecule has 0 saturated heterocycles. The molecule has 0 spiro atoms. The van der Waals surface area contributed by atoms with E-state index in [0.29, 0.717) is 28.8 Å². The van der Waals surface area contributed by atoms with Gasteiger partial charge in [-0.3, -0.25) is 0 Å². The van der Waals surface area contributed by atoms with Gasteiger partial charge in [-0.1, -0.05) is 39.3 Å². The van der Waals surface area contributed by atoms with E-state index >= 15 is 0 Å². The molecule has 1 saturated carbocycles. The van der Waals surface area contributed by atoms with Crippen molar-refractivity contribution >= 4 is 17.4 Å². The van der Waals surface area contributed by atoms with E-state index in [4.69, 9.17) is 11.6 Å². The minimum absolute atomic E-state index is 0.527. The quantitative estimate of drug-likeness (QED) is 0.776. The summed E-state index contributed by atoms with van der Waals surface area (Å²) in [6, 6.07) is 0. The Hall–Kier alpha value is -0.830. The summed E-state index contributed by atoms with van der Waals surface area (Å²) in [7, 11) is 0. The summed E-state index contributed by atoms with van der Waals surface area (Å²) in [5.41, 5.74) is 0.960. The molecule has 0 aromatic carbocycles. The molecule has 1 heterocycles. The Morgan fingerprint density at radius 2 is 1.75 bits per heavy atom. The van der Waals surface area contributed by atoms with Crippen LogP contribution in [0.1, 0.15) is 57.8 Å². The summed E-state index contributed by atoms with van der Waals surface area (Å²) in [6.07, 6.45) is 2.39. The molecule has 1 aromatic rings. The molecule has 0 atom stereocenters. The largest absolute Gasteiger partial charge is 0.369 e. The highest BCUT2D eigenvalue weighted by molar-refractivity contribution is 6.30. The van der Waals surface area contributed by atoms with E-state index in [9.17, 15) is 0 Å². The molecular weight excluding hydrogens is 270 g/mol. The highest BCUT2D eigenvalue weighted by atomic mass is 35.5. The molecule has 1 aromatic heterocycles. The molecule has 1 N–H and O–H groups in total. The van der Waals surface area contributed by atoms with E-state index in [1.54, 1.807) is 0 Å². The number of rotatable bonds is 6. The minimum atomic E-state index is 0.527. The first kappa shape index (κ1) is 15.6. The Morgan fingerprint density at radius 1 is 1.15 bits per heavy atom. The van der Waals surface area contributed by atoms with Crippen LogP contribution in [0.4, 0.5) is 5.82 Å². The molecule has 4 heteroatoms. The number of hydrogen-bond acceptors (Lipinski definition) is 3. The number of aromatic nitrogens is 2. The second-order valence-electron chi connectivity index (χ2n) is 6.65. The van der Waals surface area contributed by atoms with Crippen molar-refractivity contribution in [1.82, 2.24) is 9.97 Å². The summed E-state index contributed by atoms with van der Waals surface area (Å²) < 4.78 is 0. The van der Waals surface area contributed by atoms with Gasteiger partial charge in [0.05, 0.1) is 0 Å². The number of hydrogen-bond donors (Lipinski definition) is 1. The zero-order valence-corrected chi connectivity index (χ0v) is 14.0. The number of nitrogens with zero attached hydrogens (tertiary/aromatic N) is 2. The van der Waals surface area contributed by atoms with Crippen LogP contribution in [0.15, 0.2) is 0 Å². The standard InChI is InChI=1S/C16H26ClN3/c1-9(2)13(10(3)4)8-18-15-11(5)14(17)19-16(20-15)12-6-7-12/h9-10,12-13H,6-8H2,1-5H3,(H,18,19,20). The third-order valence-corrected chi connectivity index (χ3v) is 4.63. The van der Waals surface area contributed by atoms with Gasteiger partial charge in [-0.2, -0.15) is 0 Å². The first-order valence-corrected chi connectivity index (χ1v) is 8.05. The molecule has 1 fully saturated rings. The van der Waals surface area contributed by atoms with Gasteiger partial charge in [0, 0.05) is 18.0 Å². The van der Waals surface area contributed by atoms with Crippen LogP contribution in [0.3, 0.4) is 0 Å². The molecule has 3 nitrogen and oxygen atoms in total. The summed E-state index contributed by atoms with van der Waals surface area (Å²) >= 11 is 6.24. The van der Waals surface area contributed by atoms with Crippen LogP contribution in [0, 0.1) is 24.7 Å². The predicted molar refractivity (Wildman–Crippen MR) is 85.4 cm³/mol. The van der Waals surface area contributed by atoms with Crippen LogP contribution in [0.25, 0.3) is 0 Å². The Kier molecular flexibility index (Phi) is 4.90. The Morgan fingerprint density at radius 3 is 2.25 bits per heavy atom. The predicted octanol–water partition coefficient (Wildman–Crippen LogP) is 4.66. The fourth-order valence-electron chi connectivity index (χ4n) is 2.66. The lowest BCUT2D eigenvalue weighted by Gasteiger charge is -2.25. The molecular formula is C16H26ClN3. The molecule has 112 valence electrons. The van der Waals surface area contributed by atoms with E-state index in [-0.39, 0.29) is 0 Å². The monoisotopic (exact) mass is 295 g/mol. The zero-order valence-electron chi connectivity index (χ0n) is 13.2. The van der Waals surface area contributed by atoms with Crippen LogP contribution >= 0.6 is 11.6 Å². The zero-order chi connectivity index (χ0) is 14.9. The Bertz CT molecular complexity index is 459. The maximum atomic E-state index is 6.24. The van der Waals surface area contributed by atoms with Gasteiger partial charge in [-0.25, -0.2) is 9.97 Å². The van der Waals surface area contributed by atoms with Gasteiger partial charge in [0.1, 0.15) is 16.8 Å². The summed E-state index contributed by atoms with van der Waals surface area (Å²) in [4.78, 5) is 9.09. The van der Waals surface area contributed by atoms with Crippen molar-refractivity contribution < 1.29 is 0 Å². The summed E-state index contributed by atoms with van der Waals surface area (Å²) in [5.74, 6) is 4.30. The maximum Gasteiger partial charge on any atom is 0.137 e. The third-order valence-electron chi connectivity index (χ3n) is 4.26. The number of anilines is 1. The normalized spacial score (nSPS) is 15.4. The second kappa shape index (κ2) is 6.30. The van der Waals surface area contributed by atoms with Crippen molar-refractivity contribution in [3.05, 3.63) is 16.5 Å². The molecule has 1 aliphatic rings.